The molecule has 1 atom stereocenters. The smallest absolute Gasteiger partial charge is 0.432 e. The lowest BCUT2D eigenvalue weighted by Crippen LogP contribution is -2.52. The third-order valence-electron chi connectivity index (χ3n) is 5.03. The zero-order valence-electron chi connectivity index (χ0n) is 16.9. The maximum Gasteiger partial charge on any atom is 0.432 e. The first-order valence-corrected chi connectivity index (χ1v) is 10.6. The number of hydrogen-bond donors (Lipinski definition) is 3. The quantitative estimate of drug-likeness (QED) is 0.284. The average Bonchev–Trinajstić information content (AvgIpc) is 2.69. The molecule has 0 bridgehead atoms. The first-order valence-electron chi connectivity index (χ1n) is 9.18. The predicted octanol–water partition coefficient (Wildman–Crippen LogP) is 4.14. The van der Waals surface area contributed by atoms with Gasteiger partial charge in [-0.2, -0.15) is 30.4 Å². The average molecular weight is 498 g/mol. The Kier molecular flexibility index (Phi) is 7.29. The summed E-state index contributed by atoms with van der Waals surface area (Å²) < 4.78 is 100. The SMILES string of the molecule is CC(CCC(=O)OC(C(F)(F)F)C(F)(F)S(=O)(=O)O)(c1ccc(O)cc1)c1ccc(O)cc1. The van der Waals surface area contributed by atoms with Crippen molar-refractivity contribution in [2.24, 2.45) is 0 Å². The summed E-state index contributed by atoms with van der Waals surface area (Å²) >= 11 is 0. The van der Waals surface area contributed by atoms with Crippen molar-refractivity contribution in [2.75, 3.05) is 0 Å². The van der Waals surface area contributed by atoms with Gasteiger partial charge in [-0.25, -0.2) is 0 Å². The second-order valence-corrected chi connectivity index (χ2v) is 8.87. The van der Waals surface area contributed by atoms with Crippen LogP contribution in [0.2, 0.25) is 0 Å². The van der Waals surface area contributed by atoms with Crippen LogP contribution in [0.3, 0.4) is 0 Å². The summed E-state index contributed by atoms with van der Waals surface area (Å²) in [5.41, 5.74) is -0.163. The summed E-state index contributed by atoms with van der Waals surface area (Å²) in [5, 5.41) is 13.2. The van der Waals surface area contributed by atoms with Gasteiger partial charge in [0, 0.05) is 11.8 Å². The van der Waals surface area contributed by atoms with Gasteiger partial charge in [0.05, 0.1) is 0 Å². The van der Waals surface area contributed by atoms with E-state index in [9.17, 15) is 45.4 Å². The van der Waals surface area contributed by atoms with E-state index in [-0.39, 0.29) is 17.9 Å². The number of phenolic OH excluding ortho intramolecular Hbond substituents is 2. The number of rotatable bonds is 8. The molecule has 7 nitrogen and oxygen atoms in total. The van der Waals surface area contributed by atoms with Gasteiger partial charge in [0.15, 0.2) is 0 Å². The van der Waals surface area contributed by atoms with Gasteiger partial charge >= 0.3 is 27.5 Å². The molecular weight excluding hydrogens is 479 g/mol. The molecule has 1 unspecified atom stereocenters. The minimum absolute atomic E-state index is 0.0910. The van der Waals surface area contributed by atoms with Crippen LogP contribution < -0.4 is 0 Å². The van der Waals surface area contributed by atoms with E-state index in [1.54, 1.807) is 6.92 Å². The van der Waals surface area contributed by atoms with Gasteiger partial charge in [0.25, 0.3) is 6.10 Å². The molecule has 0 amide bonds. The molecule has 0 radical (unpaired) electrons. The highest BCUT2D eigenvalue weighted by Gasteiger charge is 2.66. The van der Waals surface area contributed by atoms with E-state index >= 15 is 0 Å². The number of aromatic hydroxyl groups is 2. The Morgan fingerprint density at radius 1 is 0.909 bits per heavy atom. The molecule has 182 valence electrons. The van der Waals surface area contributed by atoms with Gasteiger partial charge in [0.1, 0.15) is 11.5 Å². The number of alkyl halides is 5. The number of carbonyl (C=O) groups is 1. The molecule has 3 N–H and O–H groups in total. The van der Waals surface area contributed by atoms with Crippen molar-refractivity contribution in [1.29, 1.82) is 0 Å². The number of hydrogen-bond acceptors (Lipinski definition) is 6. The van der Waals surface area contributed by atoms with Gasteiger partial charge in [-0.3, -0.25) is 9.35 Å². The number of halogens is 5. The molecule has 0 heterocycles. The third kappa shape index (κ3) is 5.90. The number of carbonyl (C=O) groups excluding carboxylic acids is 1. The van der Waals surface area contributed by atoms with E-state index in [0.29, 0.717) is 11.1 Å². The first kappa shape index (κ1) is 26.3. The Balaban J connectivity index is 2.34. The lowest BCUT2D eigenvalue weighted by molar-refractivity contribution is -0.259. The van der Waals surface area contributed by atoms with Gasteiger partial charge in [-0.15, -0.1) is 0 Å². The van der Waals surface area contributed by atoms with Crippen molar-refractivity contribution in [3.63, 3.8) is 0 Å². The van der Waals surface area contributed by atoms with E-state index in [0.717, 1.165) is 0 Å². The lowest BCUT2D eigenvalue weighted by Gasteiger charge is -2.31. The molecule has 0 spiro atoms. The fourth-order valence-corrected chi connectivity index (χ4v) is 3.57. The van der Waals surface area contributed by atoms with E-state index in [1.165, 1.54) is 48.5 Å². The Morgan fingerprint density at radius 3 is 1.64 bits per heavy atom. The first-order chi connectivity index (χ1) is 15.0. The maximum absolute atomic E-state index is 13.6. The molecule has 0 fully saturated rings. The molecule has 0 aliphatic carbocycles. The highest BCUT2D eigenvalue weighted by Crippen LogP contribution is 2.40. The zero-order valence-corrected chi connectivity index (χ0v) is 17.7. The van der Waals surface area contributed by atoms with Crippen molar-refractivity contribution in [3.05, 3.63) is 59.7 Å². The minimum atomic E-state index is -6.55. The van der Waals surface area contributed by atoms with E-state index < -0.39 is 45.5 Å². The van der Waals surface area contributed by atoms with Crippen molar-refractivity contribution in [2.45, 2.75) is 42.7 Å². The topological polar surface area (TPSA) is 121 Å². The lowest BCUT2D eigenvalue weighted by atomic mass is 9.73. The summed E-state index contributed by atoms with van der Waals surface area (Å²) in [7, 11) is -6.55. The van der Waals surface area contributed by atoms with E-state index in [4.69, 9.17) is 4.55 Å². The maximum atomic E-state index is 13.6. The summed E-state index contributed by atoms with van der Waals surface area (Å²) in [5.74, 6) is -1.97. The van der Waals surface area contributed by atoms with E-state index in [2.05, 4.69) is 4.74 Å². The van der Waals surface area contributed by atoms with Crippen LogP contribution in [0.4, 0.5) is 22.0 Å². The summed E-state index contributed by atoms with van der Waals surface area (Å²) in [6.45, 7) is 1.58. The molecule has 13 heteroatoms. The number of benzene rings is 2. The van der Waals surface area contributed by atoms with Gasteiger partial charge < -0.3 is 14.9 Å². The van der Waals surface area contributed by atoms with Crippen molar-refractivity contribution >= 4 is 16.1 Å². The van der Waals surface area contributed by atoms with Crippen LogP contribution >= 0.6 is 0 Å². The fraction of sp³-hybridized carbons (Fsp3) is 0.350. The van der Waals surface area contributed by atoms with Crippen LogP contribution in [0, 0.1) is 0 Å². The van der Waals surface area contributed by atoms with Crippen LogP contribution in [0.1, 0.15) is 30.9 Å². The molecule has 0 saturated heterocycles. The molecule has 2 aromatic carbocycles. The zero-order chi connectivity index (χ0) is 25.2. The van der Waals surface area contributed by atoms with Crippen molar-refractivity contribution in [1.82, 2.24) is 0 Å². The van der Waals surface area contributed by atoms with Gasteiger partial charge in [0.2, 0.25) is 0 Å². The summed E-state index contributed by atoms with van der Waals surface area (Å²) in [4.78, 5) is 12.1. The fourth-order valence-electron chi connectivity index (χ4n) is 3.12. The highest BCUT2D eigenvalue weighted by molar-refractivity contribution is 7.86. The Bertz CT molecular complexity index is 1040. The van der Waals surface area contributed by atoms with E-state index in [1.807, 2.05) is 0 Å². The predicted molar refractivity (Wildman–Crippen MR) is 104 cm³/mol. The second-order valence-electron chi connectivity index (χ2n) is 7.37. The van der Waals surface area contributed by atoms with Crippen LogP contribution in [-0.4, -0.2) is 46.7 Å². The molecule has 2 aromatic rings. The summed E-state index contributed by atoms with van der Waals surface area (Å²) in [6.07, 6.45) is -11.6. The Labute approximate surface area is 185 Å². The van der Waals surface area contributed by atoms with Crippen LogP contribution in [0.5, 0.6) is 11.5 Å². The molecular formula is C20H19F5O7S. The Morgan fingerprint density at radius 2 is 1.30 bits per heavy atom. The number of phenols is 2. The van der Waals surface area contributed by atoms with Gasteiger partial charge in [-0.1, -0.05) is 31.2 Å². The summed E-state index contributed by atoms with van der Waals surface area (Å²) in [6, 6.07) is 11.2. The molecule has 0 aliphatic heterocycles. The monoisotopic (exact) mass is 498 g/mol. The largest absolute Gasteiger partial charge is 0.508 e. The third-order valence-corrected chi connectivity index (χ3v) is 5.94. The van der Waals surface area contributed by atoms with Crippen molar-refractivity contribution in [3.8, 4) is 11.5 Å². The standard InChI is InChI=1S/C20H19F5O7S/c1-18(12-2-6-14(26)7-3-12,13-4-8-15(27)9-5-13)11-10-16(28)32-17(19(21,22)23)20(24,25)33(29,30)31/h2-9,17,26-27H,10-11H2,1H3,(H,29,30,31). The van der Waals surface area contributed by atoms with Crippen LogP contribution in [0.25, 0.3) is 0 Å². The molecule has 2 rings (SSSR count). The van der Waals surface area contributed by atoms with Crippen molar-refractivity contribution < 1.29 is 54.7 Å². The molecule has 0 aliphatic rings. The molecule has 0 aromatic heterocycles. The molecule has 0 saturated carbocycles. The second kappa shape index (κ2) is 9.14. The normalized spacial score (nSPS) is 14.0. The number of esters is 1. The Hall–Kier alpha value is -2.93. The minimum Gasteiger partial charge on any atom is -0.508 e. The van der Waals surface area contributed by atoms with Gasteiger partial charge in [-0.05, 0) is 41.8 Å². The number of ether oxygens (including phenoxy) is 1. The highest BCUT2D eigenvalue weighted by atomic mass is 32.2. The van der Waals surface area contributed by atoms with Crippen LogP contribution in [-0.2, 0) is 25.1 Å². The van der Waals surface area contributed by atoms with Crippen LogP contribution in [0.15, 0.2) is 48.5 Å². The molecule has 33 heavy (non-hydrogen) atoms.